The van der Waals surface area contributed by atoms with Gasteiger partial charge in [0, 0.05) is 11.6 Å². The SMILES string of the molecule is CC[C@@H](C)NC(=O)c1cc(-c2ccccc2)nn1-c1ccccc1. The molecule has 1 atom stereocenters. The number of aromatic nitrogens is 2. The Morgan fingerprint density at radius 3 is 2.33 bits per heavy atom. The van der Waals surface area contributed by atoms with Crippen molar-refractivity contribution in [1.29, 1.82) is 0 Å². The fraction of sp³-hybridized carbons (Fsp3) is 0.200. The second-order valence-electron chi connectivity index (χ2n) is 5.81. The smallest absolute Gasteiger partial charge is 0.270 e. The lowest BCUT2D eigenvalue weighted by Crippen LogP contribution is -2.33. The second-order valence-corrected chi connectivity index (χ2v) is 5.81. The van der Waals surface area contributed by atoms with E-state index in [1.165, 1.54) is 0 Å². The van der Waals surface area contributed by atoms with Crippen LogP contribution in [0.1, 0.15) is 30.8 Å². The summed E-state index contributed by atoms with van der Waals surface area (Å²) < 4.78 is 1.71. The van der Waals surface area contributed by atoms with Crippen LogP contribution in [0.2, 0.25) is 0 Å². The minimum Gasteiger partial charge on any atom is -0.348 e. The lowest BCUT2D eigenvalue weighted by molar-refractivity contribution is 0.0931. The molecule has 0 aliphatic carbocycles. The number of carbonyl (C=O) groups is 1. The highest BCUT2D eigenvalue weighted by atomic mass is 16.2. The predicted molar refractivity (Wildman–Crippen MR) is 96.2 cm³/mol. The number of rotatable bonds is 5. The highest BCUT2D eigenvalue weighted by Gasteiger charge is 2.18. The zero-order valence-corrected chi connectivity index (χ0v) is 13.9. The second kappa shape index (κ2) is 7.13. The highest BCUT2D eigenvalue weighted by Crippen LogP contribution is 2.21. The van der Waals surface area contributed by atoms with Gasteiger partial charge in [0.2, 0.25) is 0 Å². The molecule has 0 bridgehead atoms. The summed E-state index contributed by atoms with van der Waals surface area (Å²) in [7, 11) is 0. The molecule has 4 heteroatoms. The summed E-state index contributed by atoms with van der Waals surface area (Å²) in [6, 6.07) is 21.6. The van der Waals surface area contributed by atoms with Crippen molar-refractivity contribution in [2.45, 2.75) is 26.3 Å². The fourth-order valence-electron chi connectivity index (χ4n) is 2.46. The van der Waals surface area contributed by atoms with Crippen molar-refractivity contribution in [1.82, 2.24) is 15.1 Å². The summed E-state index contributed by atoms with van der Waals surface area (Å²) >= 11 is 0. The molecule has 2 aromatic carbocycles. The molecule has 1 amide bonds. The minimum absolute atomic E-state index is 0.108. The quantitative estimate of drug-likeness (QED) is 0.770. The van der Waals surface area contributed by atoms with Crippen LogP contribution in [0.4, 0.5) is 0 Å². The molecule has 3 rings (SSSR count). The number of hydrogen-bond acceptors (Lipinski definition) is 2. The maximum atomic E-state index is 12.7. The number of nitrogens with one attached hydrogen (secondary N) is 1. The van der Waals surface area contributed by atoms with Crippen LogP contribution >= 0.6 is 0 Å². The van der Waals surface area contributed by atoms with Gasteiger partial charge in [-0.2, -0.15) is 5.10 Å². The Bertz CT molecular complexity index is 809. The molecule has 122 valence electrons. The number of carbonyl (C=O) groups excluding carboxylic acids is 1. The first-order chi connectivity index (χ1) is 11.7. The molecule has 4 nitrogen and oxygen atoms in total. The van der Waals surface area contributed by atoms with E-state index in [1.54, 1.807) is 4.68 Å². The monoisotopic (exact) mass is 319 g/mol. The molecule has 0 spiro atoms. The van der Waals surface area contributed by atoms with E-state index in [1.807, 2.05) is 73.7 Å². The van der Waals surface area contributed by atoms with Crippen LogP contribution < -0.4 is 5.32 Å². The molecule has 24 heavy (non-hydrogen) atoms. The van der Waals surface area contributed by atoms with Gasteiger partial charge in [-0.05, 0) is 31.5 Å². The van der Waals surface area contributed by atoms with Crippen LogP contribution in [0, 0.1) is 0 Å². The fourth-order valence-corrected chi connectivity index (χ4v) is 2.46. The first kappa shape index (κ1) is 16.0. The van der Waals surface area contributed by atoms with E-state index in [2.05, 4.69) is 17.3 Å². The molecule has 1 aromatic heterocycles. The van der Waals surface area contributed by atoms with Crippen molar-refractivity contribution >= 4 is 5.91 Å². The van der Waals surface area contributed by atoms with Gasteiger partial charge in [0.05, 0.1) is 11.4 Å². The number of hydrogen-bond donors (Lipinski definition) is 1. The van der Waals surface area contributed by atoms with Gasteiger partial charge in [-0.3, -0.25) is 4.79 Å². The van der Waals surface area contributed by atoms with Crippen molar-refractivity contribution in [3.05, 3.63) is 72.4 Å². The van der Waals surface area contributed by atoms with Gasteiger partial charge in [0.25, 0.3) is 5.91 Å². The molecule has 0 saturated heterocycles. The van der Waals surface area contributed by atoms with E-state index < -0.39 is 0 Å². The Morgan fingerprint density at radius 2 is 1.71 bits per heavy atom. The third-order valence-electron chi connectivity index (χ3n) is 4.00. The van der Waals surface area contributed by atoms with Gasteiger partial charge in [-0.1, -0.05) is 55.5 Å². The third kappa shape index (κ3) is 3.38. The van der Waals surface area contributed by atoms with Gasteiger partial charge in [0.15, 0.2) is 0 Å². The van der Waals surface area contributed by atoms with Crippen LogP contribution in [0.15, 0.2) is 66.7 Å². The van der Waals surface area contributed by atoms with Crippen LogP contribution in [0.25, 0.3) is 16.9 Å². The molecule has 0 saturated carbocycles. The van der Waals surface area contributed by atoms with E-state index >= 15 is 0 Å². The molecule has 0 fully saturated rings. The van der Waals surface area contributed by atoms with Crippen LogP contribution in [0.5, 0.6) is 0 Å². The predicted octanol–water partition coefficient (Wildman–Crippen LogP) is 4.07. The molecule has 0 radical (unpaired) electrons. The topological polar surface area (TPSA) is 46.9 Å². The average molecular weight is 319 g/mol. The van der Waals surface area contributed by atoms with Crippen molar-refractivity contribution < 1.29 is 4.79 Å². The Labute approximate surface area is 142 Å². The van der Waals surface area contributed by atoms with E-state index in [-0.39, 0.29) is 11.9 Å². The van der Waals surface area contributed by atoms with E-state index in [9.17, 15) is 4.79 Å². The van der Waals surface area contributed by atoms with Gasteiger partial charge >= 0.3 is 0 Å². The first-order valence-corrected chi connectivity index (χ1v) is 8.21. The summed E-state index contributed by atoms with van der Waals surface area (Å²) in [6.07, 6.45) is 0.886. The van der Waals surface area contributed by atoms with Crippen LogP contribution in [0.3, 0.4) is 0 Å². The van der Waals surface area contributed by atoms with E-state index in [4.69, 9.17) is 0 Å². The summed E-state index contributed by atoms with van der Waals surface area (Å²) in [4.78, 5) is 12.7. The minimum atomic E-state index is -0.108. The molecule has 3 aromatic rings. The Morgan fingerprint density at radius 1 is 1.08 bits per heavy atom. The van der Waals surface area contributed by atoms with Crippen molar-refractivity contribution in [2.75, 3.05) is 0 Å². The molecule has 0 aliphatic heterocycles. The lowest BCUT2D eigenvalue weighted by atomic mass is 10.1. The summed E-state index contributed by atoms with van der Waals surface area (Å²) in [5.74, 6) is -0.108. The Hall–Kier alpha value is -2.88. The molecular formula is C20H21N3O. The Kier molecular flexibility index (Phi) is 4.75. The average Bonchev–Trinajstić information content (AvgIpc) is 3.08. The van der Waals surface area contributed by atoms with Crippen molar-refractivity contribution in [3.63, 3.8) is 0 Å². The van der Waals surface area contributed by atoms with E-state index in [0.29, 0.717) is 5.69 Å². The molecule has 0 aliphatic rings. The van der Waals surface area contributed by atoms with Crippen molar-refractivity contribution in [2.24, 2.45) is 0 Å². The first-order valence-electron chi connectivity index (χ1n) is 8.21. The number of benzene rings is 2. The highest BCUT2D eigenvalue weighted by molar-refractivity contribution is 5.94. The molecule has 1 N–H and O–H groups in total. The van der Waals surface area contributed by atoms with Gasteiger partial charge in [-0.25, -0.2) is 4.68 Å². The lowest BCUT2D eigenvalue weighted by Gasteiger charge is -2.12. The number of amides is 1. The van der Waals surface area contributed by atoms with E-state index in [0.717, 1.165) is 23.4 Å². The maximum Gasteiger partial charge on any atom is 0.270 e. The maximum absolute atomic E-state index is 12.7. The zero-order chi connectivity index (χ0) is 16.9. The van der Waals surface area contributed by atoms with Crippen LogP contribution in [-0.2, 0) is 0 Å². The van der Waals surface area contributed by atoms with Crippen LogP contribution in [-0.4, -0.2) is 21.7 Å². The standard InChI is InChI=1S/C20H21N3O/c1-3-15(2)21-20(24)19-14-18(16-10-6-4-7-11-16)22-23(19)17-12-8-5-9-13-17/h4-15H,3H2,1-2H3,(H,21,24)/t15-/m1/s1. The summed E-state index contributed by atoms with van der Waals surface area (Å²) in [5.41, 5.74) is 3.19. The van der Waals surface area contributed by atoms with Gasteiger partial charge in [-0.15, -0.1) is 0 Å². The molecule has 0 unspecified atom stereocenters. The normalized spacial score (nSPS) is 11.9. The largest absolute Gasteiger partial charge is 0.348 e. The molecule has 1 heterocycles. The number of nitrogens with zero attached hydrogens (tertiary/aromatic N) is 2. The van der Waals surface area contributed by atoms with Crippen molar-refractivity contribution in [3.8, 4) is 16.9 Å². The van der Waals surface area contributed by atoms with Gasteiger partial charge in [0.1, 0.15) is 5.69 Å². The Balaban J connectivity index is 2.05. The zero-order valence-electron chi connectivity index (χ0n) is 13.9. The van der Waals surface area contributed by atoms with Gasteiger partial charge < -0.3 is 5.32 Å². The summed E-state index contributed by atoms with van der Waals surface area (Å²) in [6.45, 7) is 4.05. The summed E-state index contributed by atoms with van der Waals surface area (Å²) in [5, 5.41) is 7.68. The third-order valence-corrected chi connectivity index (χ3v) is 4.00. The molecular weight excluding hydrogens is 298 g/mol. The number of para-hydroxylation sites is 1.